The van der Waals surface area contributed by atoms with Gasteiger partial charge in [-0.3, -0.25) is 4.79 Å². The van der Waals surface area contributed by atoms with Crippen LogP contribution in [0.3, 0.4) is 0 Å². The fourth-order valence-corrected chi connectivity index (χ4v) is 3.39. The van der Waals surface area contributed by atoms with E-state index in [2.05, 4.69) is 0 Å². The Bertz CT molecular complexity index is 651. The number of aliphatic hydroxyl groups is 3. The van der Waals surface area contributed by atoms with Crippen LogP contribution >= 0.6 is 23.2 Å². The fraction of sp³-hybridized carbons (Fsp3) is 0.579. The highest BCUT2D eigenvalue weighted by molar-refractivity contribution is 6.35. The Balaban J connectivity index is 2.34. The molecule has 1 aromatic rings. The van der Waals surface area contributed by atoms with E-state index in [0.717, 1.165) is 38.2 Å². The summed E-state index contributed by atoms with van der Waals surface area (Å²) in [6, 6.07) is 5.39. The summed E-state index contributed by atoms with van der Waals surface area (Å²) in [7, 11) is 0. The smallest absolute Gasteiger partial charge is 0.336 e. The van der Waals surface area contributed by atoms with Crippen molar-refractivity contribution in [1.82, 2.24) is 0 Å². The second kappa shape index (κ2) is 11.0. The molecule has 152 valence electrons. The molecule has 0 radical (unpaired) electrons. The fourth-order valence-electron chi connectivity index (χ4n) is 2.89. The first kappa shape index (κ1) is 23.9. The predicted octanol–water partition coefficient (Wildman–Crippen LogP) is 3.00. The number of ketones is 1. The molecular weight excluding hydrogens is 395 g/mol. The highest BCUT2D eigenvalue weighted by Crippen LogP contribution is 2.24. The minimum absolute atomic E-state index is 0.295. The van der Waals surface area contributed by atoms with Crippen molar-refractivity contribution in [3.8, 4) is 0 Å². The zero-order valence-electron chi connectivity index (χ0n) is 15.2. The Morgan fingerprint density at radius 3 is 2.30 bits per heavy atom. The molecule has 0 amide bonds. The summed E-state index contributed by atoms with van der Waals surface area (Å²) < 4.78 is 0. The van der Waals surface area contributed by atoms with Gasteiger partial charge in [0.15, 0.2) is 17.5 Å². The lowest BCUT2D eigenvalue weighted by Gasteiger charge is -2.30. The van der Waals surface area contributed by atoms with Crippen molar-refractivity contribution in [2.75, 3.05) is 0 Å². The van der Waals surface area contributed by atoms with Gasteiger partial charge in [-0.2, -0.15) is 0 Å². The number of hydrogen-bond donors (Lipinski definition) is 4. The van der Waals surface area contributed by atoms with Crippen molar-refractivity contribution >= 4 is 35.0 Å². The van der Waals surface area contributed by atoms with Crippen LogP contribution in [-0.2, 0) is 16.0 Å². The van der Waals surface area contributed by atoms with Crippen LogP contribution in [0.5, 0.6) is 0 Å². The molecule has 8 heteroatoms. The number of aryl methyl sites for hydroxylation is 1. The van der Waals surface area contributed by atoms with E-state index >= 15 is 0 Å². The van der Waals surface area contributed by atoms with Gasteiger partial charge in [0.2, 0.25) is 0 Å². The van der Waals surface area contributed by atoms with Crippen LogP contribution in [0.4, 0.5) is 0 Å². The van der Waals surface area contributed by atoms with Gasteiger partial charge in [0, 0.05) is 16.5 Å². The van der Waals surface area contributed by atoms with E-state index in [1.165, 1.54) is 0 Å². The van der Waals surface area contributed by atoms with Gasteiger partial charge in [0.25, 0.3) is 0 Å². The first-order valence-electron chi connectivity index (χ1n) is 8.84. The molecule has 0 aromatic heterocycles. The van der Waals surface area contributed by atoms with Gasteiger partial charge < -0.3 is 20.4 Å². The molecule has 0 saturated heterocycles. The van der Waals surface area contributed by atoms with Crippen molar-refractivity contribution in [3.05, 3.63) is 33.8 Å². The molecule has 6 nitrogen and oxygen atoms in total. The second-order valence-electron chi connectivity index (χ2n) is 6.77. The van der Waals surface area contributed by atoms with Crippen molar-refractivity contribution in [1.29, 1.82) is 0 Å². The number of carbonyl (C=O) groups excluding carboxylic acids is 1. The Hall–Kier alpha value is -1.18. The Morgan fingerprint density at radius 1 is 1.11 bits per heavy atom. The lowest BCUT2D eigenvalue weighted by molar-refractivity contribution is -0.174. The molecule has 4 N–H and O–H groups in total. The molecule has 3 atom stereocenters. The first-order valence-corrected chi connectivity index (χ1v) is 9.59. The van der Waals surface area contributed by atoms with Crippen molar-refractivity contribution < 1.29 is 30.0 Å². The number of rotatable bonds is 12. The maximum atomic E-state index is 11.5. The molecular formula is C19H26Cl2O6. The summed E-state index contributed by atoms with van der Waals surface area (Å²) in [6.45, 7) is 0.987. The van der Waals surface area contributed by atoms with Crippen LogP contribution in [0, 0.1) is 0 Å². The number of carboxylic acids is 1. The summed E-state index contributed by atoms with van der Waals surface area (Å²) in [5.41, 5.74) is -1.47. The monoisotopic (exact) mass is 420 g/mol. The number of aliphatic carboxylic acids is 1. The molecule has 3 unspecified atom stereocenters. The molecule has 0 saturated carbocycles. The molecule has 0 aliphatic carbocycles. The maximum absolute atomic E-state index is 11.5. The van der Waals surface area contributed by atoms with Gasteiger partial charge in [0.05, 0.1) is 6.10 Å². The number of benzene rings is 1. The van der Waals surface area contributed by atoms with Gasteiger partial charge in [-0.1, -0.05) is 48.5 Å². The molecule has 0 fully saturated rings. The number of Topliss-reactive ketones (excluding diaryl/α,β-unsaturated/α-hetero) is 1. The summed E-state index contributed by atoms with van der Waals surface area (Å²) in [5.74, 6) is -2.60. The number of unbranched alkanes of at least 4 members (excludes halogenated alkanes) is 3. The SMILES string of the molecule is CC(=O)C(O)(CC(O)CCCCCCc1ccc(Cl)cc1Cl)C(O)C(=O)O. The third-order valence-electron chi connectivity index (χ3n) is 4.59. The molecule has 0 bridgehead atoms. The van der Waals surface area contributed by atoms with Crippen LogP contribution in [0.2, 0.25) is 10.0 Å². The number of hydrogen-bond acceptors (Lipinski definition) is 5. The van der Waals surface area contributed by atoms with Crippen molar-refractivity contribution in [3.63, 3.8) is 0 Å². The van der Waals surface area contributed by atoms with Crippen molar-refractivity contribution in [2.45, 2.75) is 69.7 Å². The van der Waals surface area contributed by atoms with Crippen LogP contribution < -0.4 is 0 Å². The average molecular weight is 421 g/mol. The quantitative estimate of drug-likeness (QED) is 0.386. The van der Waals surface area contributed by atoms with E-state index in [-0.39, 0.29) is 0 Å². The lowest BCUT2D eigenvalue weighted by Crippen LogP contribution is -2.54. The van der Waals surface area contributed by atoms with E-state index in [9.17, 15) is 24.9 Å². The number of carbonyl (C=O) groups is 2. The third kappa shape index (κ3) is 7.39. The van der Waals surface area contributed by atoms with Crippen LogP contribution in [0.25, 0.3) is 0 Å². The number of aliphatic hydroxyl groups excluding tert-OH is 2. The van der Waals surface area contributed by atoms with E-state index in [0.29, 0.717) is 22.9 Å². The topological polar surface area (TPSA) is 115 Å². The van der Waals surface area contributed by atoms with E-state index in [1.807, 2.05) is 6.07 Å². The summed E-state index contributed by atoms with van der Waals surface area (Å²) in [5, 5.41) is 39.8. The second-order valence-corrected chi connectivity index (χ2v) is 7.61. The summed E-state index contributed by atoms with van der Waals surface area (Å²) >= 11 is 12.0. The van der Waals surface area contributed by atoms with E-state index in [1.54, 1.807) is 12.1 Å². The van der Waals surface area contributed by atoms with E-state index < -0.39 is 36.0 Å². The van der Waals surface area contributed by atoms with Crippen LogP contribution in [-0.4, -0.2) is 50.0 Å². The van der Waals surface area contributed by atoms with Gasteiger partial charge in [0.1, 0.15) is 0 Å². The van der Waals surface area contributed by atoms with Gasteiger partial charge in [-0.25, -0.2) is 4.79 Å². The Kier molecular flexibility index (Phi) is 9.70. The summed E-state index contributed by atoms with van der Waals surface area (Å²) in [4.78, 5) is 22.4. The Morgan fingerprint density at radius 2 is 1.74 bits per heavy atom. The normalized spacial score (nSPS) is 15.8. The summed E-state index contributed by atoms with van der Waals surface area (Å²) in [6.07, 6.45) is 0.516. The first-order chi connectivity index (χ1) is 12.6. The Labute approximate surface area is 168 Å². The zero-order chi connectivity index (χ0) is 20.6. The lowest BCUT2D eigenvalue weighted by atomic mass is 9.85. The minimum Gasteiger partial charge on any atom is -0.479 e. The highest BCUT2D eigenvalue weighted by Gasteiger charge is 2.46. The molecule has 27 heavy (non-hydrogen) atoms. The van der Waals surface area contributed by atoms with E-state index in [4.69, 9.17) is 28.3 Å². The van der Waals surface area contributed by atoms with Gasteiger partial charge in [-0.15, -0.1) is 0 Å². The van der Waals surface area contributed by atoms with Gasteiger partial charge >= 0.3 is 5.97 Å². The van der Waals surface area contributed by atoms with Crippen LogP contribution in [0.15, 0.2) is 18.2 Å². The predicted molar refractivity (Wildman–Crippen MR) is 103 cm³/mol. The molecule has 0 aliphatic rings. The largest absolute Gasteiger partial charge is 0.479 e. The van der Waals surface area contributed by atoms with Gasteiger partial charge in [-0.05, 0) is 43.9 Å². The number of halogens is 2. The standard InChI is InChI=1S/C19H26Cl2O6/c1-12(22)19(27,17(24)18(25)26)11-15(23)7-5-3-2-4-6-13-8-9-14(20)10-16(13)21/h8-10,15,17,23-24,27H,2-7,11H2,1H3,(H,25,26). The molecule has 0 heterocycles. The molecule has 1 rings (SSSR count). The molecule has 1 aromatic carbocycles. The molecule has 0 spiro atoms. The third-order valence-corrected chi connectivity index (χ3v) is 5.18. The highest BCUT2D eigenvalue weighted by atomic mass is 35.5. The van der Waals surface area contributed by atoms with Crippen molar-refractivity contribution in [2.24, 2.45) is 0 Å². The maximum Gasteiger partial charge on any atom is 0.336 e. The zero-order valence-corrected chi connectivity index (χ0v) is 16.7. The van der Waals surface area contributed by atoms with Crippen LogP contribution in [0.1, 0.15) is 51.0 Å². The average Bonchev–Trinajstić information content (AvgIpc) is 2.58. The minimum atomic E-state index is -2.49. The molecule has 0 aliphatic heterocycles. The number of carboxylic acid groups (broad SMARTS) is 1.